The lowest BCUT2D eigenvalue weighted by Crippen LogP contribution is -2.27. The minimum atomic E-state index is 0.846. The van der Waals surface area contributed by atoms with Crippen molar-refractivity contribution in [3.05, 3.63) is 47.6 Å². The van der Waals surface area contributed by atoms with Gasteiger partial charge in [0.25, 0.3) is 0 Å². The predicted molar refractivity (Wildman–Crippen MR) is 72.5 cm³/mol. The minimum absolute atomic E-state index is 0.846. The molecule has 0 unspecified atom stereocenters. The number of rotatable bonds is 3. The van der Waals surface area contributed by atoms with Gasteiger partial charge in [0.15, 0.2) is 0 Å². The predicted octanol–water partition coefficient (Wildman–Crippen LogP) is 3.22. The monoisotopic (exact) mass is 228 g/mol. The van der Waals surface area contributed by atoms with Crippen molar-refractivity contribution in [2.75, 3.05) is 20.1 Å². The first-order valence-corrected chi connectivity index (χ1v) is 5.99. The first-order valence-electron chi connectivity index (χ1n) is 5.99. The summed E-state index contributed by atoms with van der Waals surface area (Å²) in [6.45, 7) is 7.71. The molecular weight excluding hydrogens is 208 g/mol. The summed E-state index contributed by atoms with van der Waals surface area (Å²) in [5.74, 6) is 0. The summed E-state index contributed by atoms with van der Waals surface area (Å²) in [5, 5.41) is 9.32. The zero-order valence-electron chi connectivity index (χ0n) is 10.7. The third kappa shape index (κ3) is 3.72. The average Bonchev–Trinajstić information content (AvgIpc) is 2.36. The van der Waals surface area contributed by atoms with Crippen LogP contribution in [0.2, 0.25) is 0 Å². The Morgan fingerprint density at radius 1 is 1.41 bits per heavy atom. The molecule has 0 saturated carbocycles. The Morgan fingerprint density at radius 3 is 2.53 bits per heavy atom. The third-order valence-electron chi connectivity index (χ3n) is 3.07. The Bertz CT molecular complexity index is 395. The topological polar surface area (TPSA) is 27.0 Å². The van der Waals surface area contributed by atoms with Crippen LogP contribution in [0, 0.1) is 11.3 Å². The Kier molecular flexibility index (Phi) is 5.45. The van der Waals surface area contributed by atoms with Crippen LogP contribution in [0.1, 0.15) is 19.8 Å². The molecule has 17 heavy (non-hydrogen) atoms. The maximum atomic E-state index is 9.32. The van der Waals surface area contributed by atoms with Crippen molar-refractivity contribution in [1.82, 2.24) is 4.90 Å². The van der Waals surface area contributed by atoms with Gasteiger partial charge in [-0.05, 0) is 38.0 Å². The summed E-state index contributed by atoms with van der Waals surface area (Å²) < 4.78 is 0. The van der Waals surface area contributed by atoms with Crippen molar-refractivity contribution in [3.63, 3.8) is 0 Å². The van der Waals surface area contributed by atoms with Crippen LogP contribution >= 0.6 is 0 Å². The molecule has 1 heterocycles. The third-order valence-corrected chi connectivity index (χ3v) is 3.07. The van der Waals surface area contributed by atoms with E-state index in [1.165, 1.54) is 5.57 Å². The second kappa shape index (κ2) is 6.88. The molecule has 1 aliphatic rings. The molecule has 0 aliphatic carbocycles. The van der Waals surface area contributed by atoms with Crippen LogP contribution in [0.3, 0.4) is 0 Å². The summed E-state index contributed by atoms with van der Waals surface area (Å²) in [4.78, 5) is 2.30. The van der Waals surface area contributed by atoms with Gasteiger partial charge < -0.3 is 4.90 Å². The Labute approximate surface area is 104 Å². The lowest BCUT2D eigenvalue weighted by atomic mass is 9.93. The van der Waals surface area contributed by atoms with Gasteiger partial charge in [-0.25, -0.2) is 0 Å². The Hall–Kier alpha value is -1.59. The fourth-order valence-corrected chi connectivity index (χ4v) is 1.98. The van der Waals surface area contributed by atoms with Crippen LogP contribution < -0.4 is 0 Å². The van der Waals surface area contributed by atoms with E-state index < -0.39 is 0 Å². The van der Waals surface area contributed by atoms with Gasteiger partial charge in [-0.1, -0.05) is 30.9 Å². The zero-order valence-corrected chi connectivity index (χ0v) is 10.7. The van der Waals surface area contributed by atoms with Gasteiger partial charge in [0.1, 0.15) is 0 Å². The van der Waals surface area contributed by atoms with Crippen molar-refractivity contribution in [2.24, 2.45) is 0 Å². The second-order valence-electron chi connectivity index (χ2n) is 4.23. The van der Waals surface area contributed by atoms with Gasteiger partial charge in [0.2, 0.25) is 0 Å². The molecule has 1 rings (SSSR count). The summed E-state index contributed by atoms with van der Waals surface area (Å²) >= 11 is 0. The van der Waals surface area contributed by atoms with Crippen molar-refractivity contribution in [1.29, 1.82) is 5.26 Å². The number of nitriles is 1. The van der Waals surface area contributed by atoms with Gasteiger partial charge in [-0.3, -0.25) is 0 Å². The van der Waals surface area contributed by atoms with Gasteiger partial charge >= 0.3 is 0 Å². The number of hydrogen-bond acceptors (Lipinski definition) is 2. The summed E-state index contributed by atoms with van der Waals surface area (Å²) in [6, 6.07) is 2.35. The molecule has 0 aromatic carbocycles. The molecule has 0 N–H and O–H groups in total. The van der Waals surface area contributed by atoms with E-state index in [1.807, 2.05) is 25.2 Å². The smallest absolute Gasteiger partial charge is 0.0997 e. The van der Waals surface area contributed by atoms with Crippen LogP contribution in [0.15, 0.2) is 47.6 Å². The van der Waals surface area contributed by atoms with Crippen molar-refractivity contribution < 1.29 is 0 Å². The van der Waals surface area contributed by atoms with Gasteiger partial charge in [0.05, 0.1) is 11.6 Å². The van der Waals surface area contributed by atoms with E-state index in [4.69, 9.17) is 0 Å². The molecule has 0 aromatic rings. The first kappa shape index (κ1) is 13.5. The van der Waals surface area contributed by atoms with E-state index >= 15 is 0 Å². The standard InChI is InChI=1S/C15H20N2/c1-4-6-7-13(5-2)15(12-16)14-8-10-17(3)11-9-14/h4-7H,1,8-11H2,2-3H3/b7-6-,13-5+. The molecule has 2 heteroatoms. The van der Waals surface area contributed by atoms with Crippen LogP contribution in [0.4, 0.5) is 0 Å². The molecule has 0 bridgehead atoms. The Morgan fingerprint density at radius 2 is 2.06 bits per heavy atom. The molecular formula is C15H20N2. The lowest BCUT2D eigenvalue weighted by molar-refractivity contribution is 0.312. The van der Waals surface area contributed by atoms with Crippen LogP contribution in [-0.2, 0) is 0 Å². The summed E-state index contributed by atoms with van der Waals surface area (Å²) in [6.07, 6.45) is 9.55. The van der Waals surface area contributed by atoms with E-state index in [1.54, 1.807) is 6.08 Å². The first-order chi connectivity index (χ1) is 8.22. The molecule has 90 valence electrons. The van der Waals surface area contributed by atoms with Gasteiger partial charge in [0, 0.05) is 13.1 Å². The van der Waals surface area contributed by atoms with Crippen molar-refractivity contribution in [2.45, 2.75) is 19.8 Å². The number of hydrogen-bond donors (Lipinski definition) is 0. The highest BCUT2D eigenvalue weighted by Crippen LogP contribution is 2.24. The zero-order chi connectivity index (χ0) is 12.7. The van der Waals surface area contributed by atoms with Crippen LogP contribution in [0.25, 0.3) is 0 Å². The molecule has 0 spiro atoms. The molecule has 1 aliphatic heterocycles. The van der Waals surface area contributed by atoms with Gasteiger partial charge in [-0.2, -0.15) is 5.26 Å². The average molecular weight is 228 g/mol. The van der Waals surface area contributed by atoms with E-state index in [2.05, 4.69) is 24.6 Å². The molecule has 1 saturated heterocycles. The molecule has 0 radical (unpaired) electrons. The number of likely N-dealkylation sites (tertiary alicyclic amines) is 1. The number of piperidine rings is 1. The lowest BCUT2D eigenvalue weighted by Gasteiger charge is -2.25. The highest BCUT2D eigenvalue weighted by molar-refractivity contribution is 5.51. The fraction of sp³-hybridized carbons (Fsp3) is 0.400. The molecule has 0 aromatic heterocycles. The van der Waals surface area contributed by atoms with E-state index in [-0.39, 0.29) is 0 Å². The minimum Gasteiger partial charge on any atom is -0.306 e. The maximum absolute atomic E-state index is 9.32. The van der Waals surface area contributed by atoms with E-state index in [0.29, 0.717) is 0 Å². The van der Waals surface area contributed by atoms with Gasteiger partial charge in [-0.15, -0.1) is 0 Å². The number of allylic oxidation sites excluding steroid dienone is 6. The maximum Gasteiger partial charge on any atom is 0.0997 e. The fourth-order valence-electron chi connectivity index (χ4n) is 1.98. The van der Waals surface area contributed by atoms with Crippen molar-refractivity contribution >= 4 is 0 Å². The highest BCUT2D eigenvalue weighted by atomic mass is 15.1. The second-order valence-corrected chi connectivity index (χ2v) is 4.23. The number of nitrogens with zero attached hydrogens (tertiary/aromatic N) is 2. The summed E-state index contributed by atoms with van der Waals surface area (Å²) in [5.41, 5.74) is 3.14. The molecule has 1 fully saturated rings. The Balaban J connectivity index is 2.97. The quantitative estimate of drug-likeness (QED) is 0.548. The largest absolute Gasteiger partial charge is 0.306 e. The normalized spacial score (nSPS) is 18.2. The van der Waals surface area contributed by atoms with E-state index in [0.717, 1.165) is 37.1 Å². The SMILES string of the molecule is C=C/C=C\C(=C/C)C(C#N)=C1CCN(C)CC1. The molecule has 0 atom stereocenters. The molecule has 2 nitrogen and oxygen atoms in total. The van der Waals surface area contributed by atoms with Crippen LogP contribution in [-0.4, -0.2) is 25.0 Å². The molecule has 0 amide bonds. The summed E-state index contributed by atoms with van der Waals surface area (Å²) in [7, 11) is 2.12. The van der Waals surface area contributed by atoms with E-state index in [9.17, 15) is 5.26 Å². The highest BCUT2D eigenvalue weighted by Gasteiger charge is 2.15. The van der Waals surface area contributed by atoms with Crippen molar-refractivity contribution in [3.8, 4) is 6.07 Å². The van der Waals surface area contributed by atoms with Crippen LogP contribution in [0.5, 0.6) is 0 Å².